The first kappa shape index (κ1) is 18.1. The largest absolute Gasteiger partial charge is 0.489 e. The number of anilines is 1. The van der Waals surface area contributed by atoms with E-state index in [0.29, 0.717) is 30.3 Å². The fourth-order valence-electron chi connectivity index (χ4n) is 3.32. The molecule has 0 aromatic heterocycles. The van der Waals surface area contributed by atoms with Gasteiger partial charge in [0.25, 0.3) is 5.91 Å². The maximum Gasteiger partial charge on any atom is 0.255 e. The molecular weight excluding hydrogens is 382 g/mol. The lowest BCUT2D eigenvalue weighted by molar-refractivity contribution is 0.102. The highest BCUT2D eigenvalue weighted by atomic mass is 32.2. The van der Waals surface area contributed by atoms with Crippen LogP contribution in [-0.4, -0.2) is 19.1 Å². The van der Waals surface area contributed by atoms with E-state index in [1.165, 1.54) is 0 Å². The molecule has 5 heteroatoms. The summed E-state index contributed by atoms with van der Waals surface area (Å²) in [5, 5.41) is 3.04. The normalized spacial score (nSPS) is 16.1. The zero-order valence-corrected chi connectivity index (χ0v) is 16.7. The molecule has 1 aliphatic heterocycles. The number of carbonyl (C=O) groups excluding carboxylic acids is 1. The third kappa shape index (κ3) is 3.96. The Hall–Kier alpha value is -2.92. The van der Waals surface area contributed by atoms with Crippen LogP contribution in [0.5, 0.6) is 11.5 Å². The molecule has 1 aliphatic carbocycles. The SMILES string of the molecule is O=C(Nc1ccccc1Sc1ccccc1)c1ccc2c(c1)OCC1(CC1)CO2. The summed E-state index contributed by atoms with van der Waals surface area (Å²) in [4.78, 5) is 15.0. The van der Waals surface area contributed by atoms with Gasteiger partial charge in [0, 0.05) is 20.8 Å². The molecule has 0 radical (unpaired) electrons. The first-order chi connectivity index (χ1) is 14.2. The minimum absolute atomic E-state index is 0.164. The van der Waals surface area contributed by atoms with Crippen molar-refractivity contribution < 1.29 is 14.3 Å². The Morgan fingerprint density at radius 3 is 2.38 bits per heavy atom. The molecule has 146 valence electrons. The highest BCUT2D eigenvalue weighted by Gasteiger charge is 2.46. The predicted molar refractivity (Wildman–Crippen MR) is 114 cm³/mol. The van der Waals surface area contributed by atoms with Gasteiger partial charge in [0.2, 0.25) is 0 Å². The molecule has 5 rings (SSSR count). The number of para-hydroxylation sites is 1. The summed E-state index contributed by atoms with van der Waals surface area (Å²) in [5.41, 5.74) is 1.52. The van der Waals surface area contributed by atoms with Crippen molar-refractivity contribution in [1.82, 2.24) is 0 Å². The summed E-state index contributed by atoms with van der Waals surface area (Å²) in [6.45, 7) is 1.34. The van der Waals surface area contributed by atoms with Crippen molar-refractivity contribution >= 4 is 23.4 Å². The highest BCUT2D eigenvalue weighted by molar-refractivity contribution is 7.99. The lowest BCUT2D eigenvalue weighted by Crippen LogP contribution is -2.17. The van der Waals surface area contributed by atoms with Crippen LogP contribution in [-0.2, 0) is 0 Å². The third-order valence-electron chi connectivity index (χ3n) is 5.34. The maximum absolute atomic E-state index is 12.9. The molecule has 1 N–H and O–H groups in total. The van der Waals surface area contributed by atoms with Gasteiger partial charge in [0.15, 0.2) is 11.5 Å². The molecule has 3 aromatic carbocycles. The molecule has 4 nitrogen and oxygen atoms in total. The minimum Gasteiger partial charge on any atom is -0.489 e. The molecule has 0 unspecified atom stereocenters. The van der Waals surface area contributed by atoms with Gasteiger partial charge < -0.3 is 14.8 Å². The number of fused-ring (bicyclic) bond motifs is 1. The Morgan fingerprint density at radius 1 is 0.862 bits per heavy atom. The molecule has 1 heterocycles. The van der Waals surface area contributed by atoms with Crippen LogP contribution in [0.1, 0.15) is 23.2 Å². The molecule has 0 saturated heterocycles. The highest BCUT2D eigenvalue weighted by Crippen LogP contribution is 2.49. The van der Waals surface area contributed by atoms with Gasteiger partial charge in [0.05, 0.1) is 18.9 Å². The van der Waals surface area contributed by atoms with Crippen molar-refractivity contribution in [2.45, 2.75) is 22.6 Å². The van der Waals surface area contributed by atoms with E-state index in [0.717, 1.165) is 28.3 Å². The van der Waals surface area contributed by atoms with Gasteiger partial charge in [-0.1, -0.05) is 42.1 Å². The van der Waals surface area contributed by atoms with E-state index in [4.69, 9.17) is 9.47 Å². The maximum atomic E-state index is 12.9. The van der Waals surface area contributed by atoms with Crippen LogP contribution in [0.15, 0.2) is 82.6 Å². The van der Waals surface area contributed by atoms with E-state index in [-0.39, 0.29) is 11.3 Å². The average molecular weight is 404 g/mol. The number of ether oxygens (including phenoxy) is 2. The van der Waals surface area contributed by atoms with Gasteiger partial charge in [-0.3, -0.25) is 4.79 Å². The Bertz CT molecular complexity index is 1050. The zero-order valence-electron chi connectivity index (χ0n) is 15.9. The van der Waals surface area contributed by atoms with Crippen LogP contribution in [0.2, 0.25) is 0 Å². The summed E-state index contributed by atoms with van der Waals surface area (Å²) in [6, 6.07) is 23.3. The molecule has 0 atom stereocenters. The Kier molecular flexibility index (Phi) is 4.68. The van der Waals surface area contributed by atoms with E-state index in [9.17, 15) is 4.79 Å². The third-order valence-corrected chi connectivity index (χ3v) is 6.42. The van der Waals surface area contributed by atoms with Crippen LogP contribution in [0, 0.1) is 5.41 Å². The van der Waals surface area contributed by atoms with Crippen molar-refractivity contribution in [3.8, 4) is 11.5 Å². The lowest BCUT2D eigenvalue weighted by atomic mass is 10.1. The Morgan fingerprint density at radius 2 is 1.59 bits per heavy atom. The quantitative estimate of drug-likeness (QED) is 0.612. The first-order valence-corrected chi connectivity index (χ1v) is 10.6. The number of hydrogen-bond acceptors (Lipinski definition) is 4. The van der Waals surface area contributed by atoms with Gasteiger partial charge in [0.1, 0.15) is 0 Å². The summed E-state index contributed by atoms with van der Waals surface area (Å²) in [5.74, 6) is 1.20. The summed E-state index contributed by atoms with van der Waals surface area (Å²) < 4.78 is 11.9. The lowest BCUT2D eigenvalue weighted by Gasteiger charge is -2.12. The van der Waals surface area contributed by atoms with Crippen molar-refractivity contribution in [3.63, 3.8) is 0 Å². The van der Waals surface area contributed by atoms with Crippen molar-refractivity contribution in [2.24, 2.45) is 5.41 Å². The standard InChI is InChI=1S/C24H21NO3S/c26-23(17-10-11-20-21(14-17)28-16-24(12-13-24)15-27-20)25-19-8-4-5-9-22(19)29-18-6-2-1-3-7-18/h1-11,14H,12-13,15-16H2,(H,25,26). The molecule has 1 fully saturated rings. The Labute approximate surface area is 174 Å². The van der Waals surface area contributed by atoms with E-state index in [1.807, 2.05) is 48.5 Å². The van der Waals surface area contributed by atoms with E-state index in [2.05, 4.69) is 17.4 Å². The number of benzene rings is 3. The summed E-state index contributed by atoms with van der Waals surface area (Å²) in [7, 11) is 0. The van der Waals surface area contributed by atoms with Gasteiger partial charge in [-0.25, -0.2) is 0 Å². The molecule has 3 aromatic rings. The summed E-state index contributed by atoms with van der Waals surface area (Å²) >= 11 is 1.62. The number of amides is 1. The second-order valence-electron chi connectivity index (χ2n) is 7.60. The van der Waals surface area contributed by atoms with Crippen LogP contribution in [0.25, 0.3) is 0 Å². The molecule has 2 aliphatic rings. The number of hydrogen-bond donors (Lipinski definition) is 1. The number of carbonyl (C=O) groups is 1. The molecule has 1 spiro atoms. The van der Waals surface area contributed by atoms with Crippen LogP contribution < -0.4 is 14.8 Å². The smallest absolute Gasteiger partial charge is 0.255 e. The van der Waals surface area contributed by atoms with Crippen molar-refractivity contribution in [1.29, 1.82) is 0 Å². The topological polar surface area (TPSA) is 47.6 Å². The fraction of sp³-hybridized carbons (Fsp3) is 0.208. The number of rotatable bonds is 4. The van der Waals surface area contributed by atoms with Crippen LogP contribution >= 0.6 is 11.8 Å². The number of nitrogens with one attached hydrogen (secondary N) is 1. The van der Waals surface area contributed by atoms with Crippen LogP contribution in [0.4, 0.5) is 5.69 Å². The van der Waals surface area contributed by atoms with Gasteiger partial charge in [-0.2, -0.15) is 0 Å². The molecular formula is C24H21NO3S. The van der Waals surface area contributed by atoms with Gasteiger partial charge >= 0.3 is 0 Å². The van der Waals surface area contributed by atoms with Gasteiger partial charge in [-0.05, 0) is 55.3 Å². The van der Waals surface area contributed by atoms with Gasteiger partial charge in [-0.15, -0.1) is 0 Å². The second kappa shape index (κ2) is 7.48. The molecule has 29 heavy (non-hydrogen) atoms. The molecule has 1 saturated carbocycles. The second-order valence-corrected chi connectivity index (χ2v) is 8.72. The minimum atomic E-state index is -0.164. The van der Waals surface area contributed by atoms with Crippen LogP contribution in [0.3, 0.4) is 0 Å². The molecule has 0 bridgehead atoms. The van der Waals surface area contributed by atoms with Crippen molar-refractivity contribution in [2.75, 3.05) is 18.5 Å². The first-order valence-electron chi connectivity index (χ1n) is 9.74. The molecule has 1 amide bonds. The Balaban J connectivity index is 1.34. The average Bonchev–Trinajstić information content (AvgIpc) is 3.56. The monoisotopic (exact) mass is 403 g/mol. The van der Waals surface area contributed by atoms with E-state index >= 15 is 0 Å². The summed E-state index contributed by atoms with van der Waals surface area (Å²) in [6.07, 6.45) is 2.29. The zero-order chi connectivity index (χ0) is 19.7. The van der Waals surface area contributed by atoms with E-state index in [1.54, 1.807) is 23.9 Å². The fourth-order valence-corrected chi connectivity index (χ4v) is 4.24. The van der Waals surface area contributed by atoms with E-state index < -0.39 is 0 Å². The predicted octanol–water partition coefficient (Wildman–Crippen LogP) is 5.64. The van der Waals surface area contributed by atoms with Crippen molar-refractivity contribution in [3.05, 3.63) is 78.4 Å².